The molecule has 25 heavy (non-hydrogen) atoms. The van der Waals surface area contributed by atoms with Crippen molar-refractivity contribution in [2.45, 2.75) is 13.3 Å². The molecule has 0 bridgehead atoms. The first-order chi connectivity index (χ1) is 12.0. The van der Waals surface area contributed by atoms with Crippen molar-refractivity contribution in [2.24, 2.45) is 0 Å². The first-order valence-corrected chi connectivity index (χ1v) is 7.77. The van der Waals surface area contributed by atoms with Crippen molar-refractivity contribution in [2.75, 3.05) is 17.7 Å². The SMILES string of the molecule is COc1ccc2c(CC(=O)Nc3cccc(NC(C)=O)c3)coc2c1. The summed E-state index contributed by atoms with van der Waals surface area (Å²) in [6.45, 7) is 1.43. The molecule has 0 saturated heterocycles. The zero-order valence-corrected chi connectivity index (χ0v) is 14.0. The Balaban J connectivity index is 1.71. The van der Waals surface area contributed by atoms with Gasteiger partial charge in [-0.25, -0.2) is 0 Å². The molecule has 0 spiro atoms. The van der Waals surface area contributed by atoms with Crippen LogP contribution in [0.1, 0.15) is 12.5 Å². The molecule has 1 heterocycles. The lowest BCUT2D eigenvalue weighted by Crippen LogP contribution is -2.14. The summed E-state index contributed by atoms with van der Waals surface area (Å²) >= 11 is 0. The first-order valence-electron chi connectivity index (χ1n) is 7.77. The van der Waals surface area contributed by atoms with Crippen LogP contribution in [0.2, 0.25) is 0 Å². The average molecular weight is 338 g/mol. The van der Waals surface area contributed by atoms with Gasteiger partial charge in [0.15, 0.2) is 0 Å². The van der Waals surface area contributed by atoms with E-state index in [2.05, 4.69) is 10.6 Å². The number of amides is 2. The summed E-state index contributed by atoms with van der Waals surface area (Å²) in [5.41, 5.74) is 2.72. The first kappa shape index (κ1) is 16.6. The van der Waals surface area contributed by atoms with E-state index < -0.39 is 0 Å². The molecule has 2 aromatic carbocycles. The predicted octanol–water partition coefficient (Wildman–Crippen LogP) is 3.58. The second-order valence-electron chi connectivity index (χ2n) is 5.61. The van der Waals surface area contributed by atoms with E-state index >= 15 is 0 Å². The van der Waals surface area contributed by atoms with E-state index in [9.17, 15) is 9.59 Å². The monoisotopic (exact) mass is 338 g/mol. The number of furan rings is 1. The Bertz CT molecular complexity index is 930. The van der Waals surface area contributed by atoms with Crippen LogP contribution in [0.4, 0.5) is 11.4 Å². The van der Waals surface area contributed by atoms with Crippen molar-refractivity contribution < 1.29 is 18.7 Å². The second-order valence-corrected chi connectivity index (χ2v) is 5.61. The Labute approximate surface area is 144 Å². The Morgan fingerprint density at radius 1 is 1.08 bits per heavy atom. The highest BCUT2D eigenvalue weighted by molar-refractivity contribution is 5.96. The molecule has 0 aliphatic rings. The van der Waals surface area contributed by atoms with Crippen molar-refractivity contribution in [3.63, 3.8) is 0 Å². The Hall–Kier alpha value is -3.28. The molecular formula is C19H18N2O4. The fraction of sp³-hybridized carbons (Fsp3) is 0.158. The Morgan fingerprint density at radius 2 is 1.84 bits per heavy atom. The number of rotatable bonds is 5. The van der Waals surface area contributed by atoms with Gasteiger partial charge in [-0.15, -0.1) is 0 Å². The van der Waals surface area contributed by atoms with Crippen LogP contribution < -0.4 is 15.4 Å². The molecule has 0 fully saturated rings. The number of methoxy groups -OCH3 is 1. The van der Waals surface area contributed by atoms with E-state index in [1.165, 1.54) is 6.92 Å². The number of carbonyl (C=O) groups is 2. The maximum absolute atomic E-state index is 12.3. The fourth-order valence-corrected chi connectivity index (χ4v) is 2.58. The number of ether oxygens (including phenoxy) is 1. The van der Waals surface area contributed by atoms with Gasteiger partial charge in [0.25, 0.3) is 0 Å². The van der Waals surface area contributed by atoms with E-state index in [1.54, 1.807) is 43.7 Å². The van der Waals surface area contributed by atoms with E-state index in [1.807, 2.05) is 12.1 Å². The highest BCUT2D eigenvalue weighted by Gasteiger charge is 2.11. The van der Waals surface area contributed by atoms with Gasteiger partial charge in [0, 0.05) is 35.3 Å². The largest absolute Gasteiger partial charge is 0.497 e. The summed E-state index contributed by atoms with van der Waals surface area (Å²) in [6.07, 6.45) is 1.76. The van der Waals surface area contributed by atoms with Gasteiger partial charge in [-0.2, -0.15) is 0 Å². The van der Waals surface area contributed by atoms with Crippen molar-refractivity contribution >= 4 is 34.2 Å². The van der Waals surface area contributed by atoms with Crippen molar-refractivity contribution in [3.05, 3.63) is 54.3 Å². The van der Waals surface area contributed by atoms with Crippen LogP contribution in [0, 0.1) is 0 Å². The third kappa shape index (κ3) is 3.98. The molecule has 0 radical (unpaired) electrons. The summed E-state index contributed by atoms with van der Waals surface area (Å²) in [5.74, 6) is 0.370. The Kier molecular flexibility index (Phi) is 4.70. The van der Waals surface area contributed by atoms with Crippen LogP contribution in [0.3, 0.4) is 0 Å². The van der Waals surface area contributed by atoms with E-state index in [0.717, 1.165) is 10.9 Å². The highest BCUT2D eigenvalue weighted by Crippen LogP contribution is 2.26. The van der Waals surface area contributed by atoms with E-state index in [4.69, 9.17) is 9.15 Å². The zero-order valence-electron chi connectivity index (χ0n) is 14.0. The van der Waals surface area contributed by atoms with Gasteiger partial charge < -0.3 is 19.8 Å². The minimum Gasteiger partial charge on any atom is -0.497 e. The molecule has 3 rings (SSSR count). The molecule has 0 atom stereocenters. The molecule has 128 valence electrons. The van der Waals surface area contributed by atoms with Gasteiger partial charge in [-0.1, -0.05) is 6.07 Å². The van der Waals surface area contributed by atoms with Crippen LogP contribution in [0.25, 0.3) is 11.0 Å². The topological polar surface area (TPSA) is 80.6 Å². The average Bonchev–Trinajstić information content (AvgIpc) is 2.96. The lowest BCUT2D eigenvalue weighted by atomic mass is 10.1. The van der Waals surface area contributed by atoms with Crippen LogP contribution >= 0.6 is 0 Å². The maximum Gasteiger partial charge on any atom is 0.228 e. The van der Waals surface area contributed by atoms with Crippen LogP contribution in [-0.2, 0) is 16.0 Å². The molecule has 0 aliphatic carbocycles. The summed E-state index contributed by atoms with van der Waals surface area (Å²) in [7, 11) is 1.59. The lowest BCUT2D eigenvalue weighted by Gasteiger charge is -2.07. The molecule has 0 saturated carbocycles. The van der Waals surface area contributed by atoms with Crippen molar-refractivity contribution in [3.8, 4) is 5.75 Å². The van der Waals surface area contributed by atoms with Gasteiger partial charge in [0.2, 0.25) is 11.8 Å². The lowest BCUT2D eigenvalue weighted by molar-refractivity contribution is -0.115. The smallest absolute Gasteiger partial charge is 0.228 e. The molecule has 6 nitrogen and oxygen atoms in total. The summed E-state index contributed by atoms with van der Waals surface area (Å²) < 4.78 is 10.7. The Morgan fingerprint density at radius 3 is 2.56 bits per heavy atom. The molecule has 1 aromatic heterocycles. The fourth-order valence-electron chi connectivity index (χ4n) is 2.58. The minimum atomic E-state index is -0.168. The third-order valence-electron chi connectivity index (χ3n) is 3.68. The number of hydrogen-bond donors (Lipinski definition) is 2. The molecule has 0 aliphatic heterocycles. The molecule has 0 unspecified atom stereocenters. The number of fused-ring (bicyclic) bond motifs is 1. The van der Waals surface area contributed by atoms with Crippen LogP contribution in [-0.4, -0.2) is 18.9 Å². The van der Waals surface area contributed by atoms with Crippen LogP contribution in [0.5, 0.6) is 5.75 Å². The molecular weight excluding hydrogens is 320 g/mol. The summed E-state index contributed by atoms with van der Waals surface area (Å²) in [4.78, 5) is 23.4. The number of anilines is 2. The van der Waals surface area contributed by atoms with Crippen molar-refractivity contribution in [1.82, 2.24) is 0 Å². The van der Waals surface area contributed by atoms with Gasteiger partial charge >= 0.3 is 0 Å². The highest BCUT2D eigenvalue weighted by atomic mass is 16.5. The molecule has 2 N–H and O–H groups in total. The van der Waals surface area contributed by atoms with Crippen molar-refractivity contribution in [1.29, 1.82) is 0 Å². The number of nitrogens with one attached hydrogen (secondary N) is 2. The zero-order chi connectivity index (χ0) is 17.8. The molecule has 6 heteroatoms. The number of hydrogen-bond acceptors (Lipinski definition) is 4. The number of benzene rings is 2. The van der Waals surface area contributed by atoms with Crippen LogP contribution in [0.15, 0.2) is 53.1 Å². The van der Waals surface area contributed by atoms with E-state index in [0.29, 0.717) is 22.7 Å². The van der Waals surface area contributed by atoms with Gasteiger partial charge in [0.05, 0.1) is 19.8 Å². The quantitative estimate of drug-likeness (QED) is 0.745. The third-order valence-corrected chi connectivity index (χ3v) is 3.68. The van der Waals surface area contributed by atoms with E-state index in [-0.39, 0.29) is 18.2 Å². The summed E-state index contributed by atoms with van der Waals surface area (Å²) in [5, 5.41) is 6.38. The normalized spacial score (nSPS) is 10.5. The number of carbonyl (C=O) groups excluding carboxylic acids is 2. The molecule has 3 aromatic rings. The predicted molar refractivity (Wildman–Crippen MR) is 95.8 cm³/mol. The standard InChI is InChI=1S/C19H18N2O4/c1-12(22)20-14-4-3-5-15(9-14)21-19(23)8-13-11-25-18-10-16(24-2)6-7-17(13)18/h3-7,9-11H,8H2,1-2H3,(H,20,22)(H,21,23). The van der Waals surface area contributed by atoms with Gasteiger partial charge in [-0.05, 0) is 30.3 Å². The minimum absolute atomic E-state index is 0.163. The molecule has 2 amide bonds. The summed E-state index contributed by atoms with van der Waals surface area (Å²) in [6, 6.07) is 12.5. The van der Waals surface area contributed by atoms with Gasteiger partial charge in [0.1, 0.15) is 11.3 Å². The van der Waals surface area contributed by atoms with Gasteiger partial charge in [-0.3, -0.25) is 9.59 Å². The second kappa shape index (κ2) is 7.09. The maximum atomic E-state index is 12.3.